The van der Waals surface area contributed by atoms with E-state index < -0.39 is 0 Å². The van der Waals surface area contributed by atoms with Crippen molar-refractivity contribution < 1.29 is 0 Å². The van der Waals surface area contributed by atoms with Crippen LogP contribution in [0.2, 0.25) is 0 Å². The van der Waals surface area contributed by atoms with Gasteiger partial charge in [0.15, 0.2) is 0 Å². The van der Waals surface area contributed by atoms with Crippen molar-refractivity contribution in [3.05, 3.63) is 101 Å². The molecule has 1 nitrogen and oxygen atoms in total. The molecule has 3 aromatic carbocycles. The minimum absolute atomic E-state index is 0.996. The molecule has 1 heterocycles. The topological polar surface area (TPSA) is 12.9 Å². The van der Waals surface area contributed by atoms with E-state index in [0.29, 0.717) is 0 Å². The summed E-state index contributed by atoms with van der Waals surface area (Å²) in [5.41, 5.74) is 6.65. The van der Waals surface area contributed by atoms with Gasteiger partial charge in [-0.1, -0.05) is 72.8 Å². The van der Waals surface area contributed by atoms with E-state index in [0.717, 1.165) is 22.5 Å². The molecular weight excluding hydrogens is 417 g/mol. The van der Waals surface area contributed by atoms with E-state index in [1.807, 2.05) is 12.1 Å². The van der Waals surface area contributed by atoms with Gasteiger partial charge in [-0.2, -0.15) is 0 Å². The highest BCUT2D eigenvalue weighted by Crippen LogP contribution is 2.30. The molecule has 0 unspecified atom stereocenters. The number of aromatic nitrogens is 1. The summed E-state index contributed by atoms with van der Waals surface area (Å²) in [4.78, 5) is 4.92. The van der Waals surface area contributed by atoms with Gasteiger partial charge in [0, 0.05) is 14.7 Å². The zero-order valence-electron chi connectivity index (χ0n) is 13.6. The molecule has 4 aromatic rings. The van der Waals surface area contributed by atoms with Crippen molar-refractivity contribution in [1.82, 2.24) is 4.98 Å². The molecule has 0 spiro atoms. The second-order valence-corrected chi connectivity index (χ2v) is 7.11. The molecule has 0 amide bonds. The molecule has 0 aliphatic heterocycles. The van der Waals surface area contributed by atoms with Crippen molar-refractivity contribution in [1.29, 1.82) is 0 Å². The van der Waals surface area contributed by atoms with Gasteiger partial charge in [-0.25, -0.2) is 4.98 Å². The number of halogens is 1. The molecule has 4 rings (SSSR count). The lowest BCUT2D eigenvalue weighted by molar-refractivity contribution is 1.32. The first-order valence-electron chi connectivity index (χ1n) is 8.18. The second kappa shape index (κ2) is 7.19. The number of hydrogen-bond donors (Lipinski definition) is 0. The Morgan fingerprint density at radius 1 is 0.480 bits per heavy atom. The van der Waals surface area contributed by atoms with Crippen LogP contribution in [-0.2, 0) is 0 Å². The van der Waals surface area contributed by atoms with Gasteiger partial charge in [-0.05, 0) is 58.0 Å². The van der Waals surface area contributed by atoms with Crippen LogP contribution in [0.15, 0.2) is 97.1 Å². The molecule has 0 N–H and O–H groups in total. The average Bonchev–Trinajstić information content (AvgIpc) is 2.69. The predicted octanol–water partition coefficient (Wildman–Crippen LogP) is 6.69. The molecule has 1 aromatic heterocycles. The number of rotatable bonds is 3. The Morgan fingerprint density at radius 2 is 1.00 bits per heavy atom. The largest absolute Gasteiger partial charge is 0.248 e. The van der Waals surface area contributed by atoms with E-state index >= 15 is 0 Å². The zero-order chi connectivity index (χ0) is 17.1. The Kier molecular flexibility index (Phi) is 4.61. The van der Waals surface area contributed by atoms with E-state index in [-0.39, 0.29) is 0 Å². The molecule has 0 aliphatic rings. The zero-order valence-corrected chi connectivity index (χ0v) is 15.7. The van der Waals surface area contributed by atoms with Crippen molar-refractivity contribution in [3.63, 3.8) is 0 Å². The Bertz CT molecular complexity index is 937. The van der Waals surface area contributed by atoms with Gasteiger partial charge in [0.2, 0.25) is 0 Å². The van der Waals surface area contributed by atoms with Crippen LogP contribution in [0.5, 0.6) is 0 Å². The van der Waals surface area contributed by atoms with Crippen LogP contribution < -0.4 is 0 Å². The Labute approximate surface area is 161 Å². The lowest BCUT2D eigenvalue weighted by Crippen LogP contribution is -1.91. The smallest absolute Gasteiger partial charge is 0.0715 e. The summed E-state index contributed by atoms with van der Waals surface area (Å²) in [6.45, 7) is 0. The maximum absolute atomic E-state index is 4.92. The Morgan fingerprint density at radius 3 is 1.52 bits per heavy atom. The molecule has 25 heavy (non-hydrogen) atoms. The molecule has 0 fully saturated rings. The summed E-state index contributed by atoms with van der Waals surface area (Å²) in [7, 11) is 0. The summed E-state index contributed by atoms with van der Waals surface area (Å²) in [6, 6.07) is 33.6. The van der Waals surface area contributed by atoms with Gasteiger partial charge in [-0.15, -0.1) is 0 Å². The monoisotopic (exact) mass is 433 g/mol. The minimum atomic E-state index is 0.996. The molecule has 2 heteroatoms. The highest BCUT2D eigenvalue weighted by Gasteiger charge is 2.08. The lowest BCUT2D eigenvalue weighted by atomic mass is 10.00. The number of pyridine rings is 1. The number of nitrogens with zero attached hydrogens (tertiary/aromatic N) is 1. The summed E-state index contributed by atoms with van der Waals surface area (Å²) in [5, 5.41) is 0. The standard InChI is InChI=1S/C23H16IN/c24-21-13-7-12-19(14-21)20-15-22(17-8-3-1-4-9-17)25-23(16-20)18-10-5-2-6-11-18/h1-16H. The fourth-order valence-electron chi connectivity index (χ4n) is 2.88. The molecule has 0 radical (unpaired) electrons. The number of hydrogen-bond acceptors (Lipinski definition) is 1. The Balaban J connectivity index is 1.92. The van der Waals surface area contributed by atoms with Gasteiger partial charge in [-0.3, -0.25) is 0 Å². The van der Waals surface area contributed by atoms with Crippen LogP contribution in [0.3, 0.4) is 0 Å². The SMILES string of the molecule is Ic1cccc(-c2cc(-c3ccccc3)nc(-c3ccccc3)c2)c1. The third kappa shape index (κ3) is 3.64. The average molecular weight is 433 g/mol. The maximum Gasteiger partial charge on any atom is 0.0715 e. The second-order valence-electron chi connectivity index (χ2n) is 5.87. The van der Waals surface area contributed by atoms with Crippen LogP contribution >= 0.6 is 22.6 Å². The molecule has 0 atom stereocenters. The molecule has 0 aliphatic carbocycles. The maximum atomic E-state index is 4.92. The third-order valence-electron chi connectivity index (χ3n) is 4.12. The summed E-state index contributed by atoms with van der Waals surface area (Å²) in [5.74, 6) is 0. The fraction of sp³-hybridized carbons (Fsp3) is 0. The number of benzene rings is 3. The van der Waals surface area contributed by atoms with Crippen LogP contribution in [0.1, 0.15) is 0 Å². The van der Waals surface area contributed by atoms with Gasteiger partial charge in [0.05, 0.1) is 11.4 Å². The van der Waals surface area contributed by atoms with E-state index in [4.69, 9.17) is 4.98 Å². The van der Waals surface area contributed by atoms with Gasteiger partial charge in [0.1, 0.15) is 0 Å². The predicted molar refractivity (Wildman–Crippen MR) is 113 cm³/mol. The van der Waals surface area contributed by atoms with Crippen molar-refractivity contribution in [2.45, 2.75) is 0 Å². The first-order valence-corrected chi connectivity index (χ1v) is 9.26. The van der Waals surface area contributed by atoms with Gasteiger partial charge < -0.3 is 0 Å². The van der Waals surface area contributed by atoms with Gasteiger partial charge >= 0.3 is 0 Å². The highest BCUT2D eigenvalue weighted by molar-refractivity contribution is 14.1. The first-order chi connectivity index (χ1) is 12.3. The van der Waals surface area contributed by atoms with Crippen LogP contribution in [0, 0.1) is 3.57 Å². The first kappa shape index (κ1) is 16.0. The van der Waals surface area contributed by atoms with E-state index in [9.17, 15) is 0 Å². The van der Waals surface area contributed by atoms with Crippen molar-refractivity contribution in [3.8, 4) is 33.6 Å². The van der Waals surface area contributed by atoms with E-state index in [1.165, 1.54) is 14.7 Å². The van der Waals surface area contributed by atoms with Crippen LogP contribution in [0.4, 0.5) is 0 Å². The van der Waals surface area contributed by atoms with Crippen LogP contribution in [0.25, 0.3) is 33.6 Å². The van der Waals surface area contributed by atoms with Crippen molar-refractivity contribution in [2.24, 2.45) is 0 Å². The fourth-order valence-corrected chi connectivity index (χ4v) is 3.42. The Hall–Kier alpha value is -2.46. The minimum Gasteiger partial charge on any atom is -0.248 e. The molecule has 0 saturated carbocycles. The molecule has 0 saturated heterocycles. The van der Waals surface area contributed by atoms with Crippen LogP contribution in [-0.4, -0.2) is 4.98 Å². The van der Waals surface area contributed by atoms with Gasteiger partial charge in [0.25, 0.3) is 0 Å². The highest BCUT2D eigenvalue weighted by atomic mass is 127. The quantitative estimate of drug-likeness (QED) is 0.328. The molecular formula is C23H16IN. The van der Waals surface area contributed by atoms with Crippen molar-refractivity contribution in [2.75, 3.05) is 0 Å². The van der Waals surface area contributed by atoms with Crippen molar-refractivity contribution >= 4 is 22.6 Å². The van der Waals surface area contributed by atoms with E-state index in [1.54, 1.807) is 0 Å². The molecule has 120 valence electrons. The molecule has 0 bridgehead atoms. The third-order valence-corrected chi connectivity index (χ3v) is 4.79. The normalized spacial score (nSPS) is 10.6. The lowest BCUT2D eigenvalue weighted by Gasteiger charge is -2.10. The van der Waals surface area contributed by atoms with E-state index in [2.05, 4.69) is 108 Å². The summed E-state index contributed by atoms with van der Waals surface area (Å²) >= 11 is 2.36. The summed E-state index contributed by atoms with van der Waals surface area (Å²) < 4.78 is 1.23. The summed E-state index contributed by atoms with van der Waals surface area (Å²) in [6.07, 6.45) is 0.